The maximum atomic E-state index is 14.0. The van der Waals surface area contributed by atoms with E-state index in [4.69, 9.17) is 14.2 Å². The number of carbonyl (C=O) groups excluding carboxylic acids is 1. The number of aromatic nitrogens is 2. The minimum absolute atomic E-state index is 0.127. The Morgan fingerprint density at radius 3 is 2.58 bits per heavy atom. The Bertz CT molecular complexity index is 1880. The van der Waals surface area contributed by atoms with Gasteiger partial charge in [-0.3, -0.25) is 9.36 Å². The fourth-order valence-electron chi connectivity index (χ4n) is 5.36. The largest absolute Gasteiger partial charge is 0.463 e. The summed E-state index contributed by atoms with van der Waals surface area (Å²) in [6.07, 6.45) is 1.91. The van der Waals surface area contributed by atoms with Crippen molar-refractivity contribution in [1.29, 1.82) is 0 Å². The lowest BCUT2D eigenvalue weighted by molar-refractivity contribution is -0.139. The van der Waals surface area contributed by atoms with E-state index in [0.717, 1.165) is 22.6 Å². The van der Waals surface area contributed by atoms with Gasteiger partial charge in [-0.1, -0.05) is 35.1 Å². The zero-order valence-electron chi connectivity index (χ0n) is 23.0. The van der Waals surface area contributed by atoms with Crippen LogP contribution in [0.25, 0.3) is 11.8 Å². The van der Waals surface area contributed by atoms with Gasteiger partial charge in [0.15, 0.2) is 16.3 Å². The Balaban J connectivity index is 1.52. The van der Waals surface area contributed by atoms with Gasteiger partial charge in [-0.15, -0.1) is 0 Å². The fraction of sp³-hybridized carbons (Fsp3) is 0.258. The molecule has 0 saturated heterocycles. The van der Waals surface area contributed by atoms with Gasteiger partial charge in [-0.05, 0) is 82.2 Å². The van der Waals surface area contributed by atoms with Crippen molar-refractivity contribution in [3.05, 3.63) is 108 Å². The van der Waals surface area contributed by atoms with Gasteiger partial charge >= 0.3 is 5.97 Å². The molecule has 2 aromatic carbocycles. The molecule has 40 heavy (non-hydrogen) atoms. The quantitative estimate of drug-likeness (QED) is 0.344. The van der Waals surface area contributed by atoms with E-state index < -0.39 is 12.0 Å². The van der Waals surface area contributed by atoms with Crippen molar-refractivity contribution in [3.63, 3.8) is 0 Å². The van der Waals surface area contributed by atoms with E-state index in [0.29, 0.717) is 37.7 Å². The molecule has 1 atom stereocenters. The SMILES string of the molecule is CCOC(=O)C1=C(C)N=c2s/c(=C\c3cc(C)n(-c4ccc(C)cc4)c3C)c(=O)n2[C@H]1c1ccc2c(c1)OCO2. The summed E-state index contributed by atoms with van der Waals surface area (Å²) in [6.45, 7) is 10.0. The number of nitrogens with zero attached hydrogens (tertiary/aromatic N) is 3. The number of benzene rings is 2. The van der Waals surface area contributed by atoms with E-state index in [1.54, 1.807) is 24.5 Å². The summed E-state index contributed by atoms with van der Waals surface area (Å²) in [5.41, 5.74) is 6.66. The summed E-state index contributed by atoms with van der Waals surface area (Å²) in [6, 6.07) is 15.2. The van der Waals surface area contributed by atoms with E-state index in [1.807, 2.05) is 25.1 Å². The highest BCUT2D eigenvalue weighted by atomic mass is 32.1. The fourth-order valence-corrected chi connectivity index (χ4v) is 6.39. The zero-order chi connectivity index (χ0) is 28.1. The molecular weight excluding hydrogens is 526 g/mol. The lowest BCUT2D eigenvalue weighted by Gasteiger charge is -2.24. The minimum Gasteiger partial charge on any atom is -0.463 e. The normalized spacial score (nSPS) is 16.2. The van der Waals surface area contributed by atoms with Crippen molar-refractivity contribution in [1.82, 2.24) is 9.13 Å². The van der Waals surface area contributed by atoms with Gasteiger partial charge in [0, 0.05) is 17.1 Å². The molecule has 9 heteroatoms. The predicted octanol–water partition coefficient (Wildman–Crippen LogP) is 4.24. The molecule has 0 saturated carbocycles. The first-order chi connectivity index (χ1) is 19.3. The first-order valence-electron chi connectivity index (χ1n) is 13.1. The average molecular weight is 556 g/mol. The number of fused-ring (bicyclic) bond motifs is 2. The second-order valence-electron chi connectivity index (χ2n) is 9.91. The number of aryl methyl sites for hydroxylation is 2. The summed E-state index contributed by atoms with van der Waals surface area (Å²) in [4.78, 5) is 32.4. The topological polar surface area (TPSA) is 84.1 Å². The van der Waals surface area contributed by atoms with Crippen LogP contribution in [0.4, 0.5) is 0 Å². The summed E-state index contributed by atoms with van der Waals surface area (Å²) in [5.74, 6) is 0.696. The predicted molar refractivity (Wildman–Crippen MR) is 153 cm³/mol. The smallest absolute Gasteiger partial charge is 0.338 e. The second-order valence-corrected chi connectivity index (χ2v) is 10.9. The number of hydrogen-bond acceptors (Lipinski definition) is 7. The van der Waals surface area contributed by atoms with Crippen molar-refractivity contribution in [3.8, 4) is 17.2 Å². The lowest BCUT2D eigenvalue weighted by Crippen LogP contribution is -2.39. The van der Waals surface area contributed by atoms with Crippen LogP contribution >= 0.6 is 11.3 Å². The molecule has 8 nitrogen and oxygen atoms in total. The molecule has 4 aromatic rings. The molecule has 6 rings (SSSR count). The molecule has 0 N–H and O–H groups in total. The third-order valence-corrected chi connectivity index (χ3v) is 8.26. The Kier molecular flexibility index (Phi) is 6.46. The highest BCUT2D eigenvalue weighted by Crippen LogP contribution is 2.38. The third-order valence-electron chi connectivity index (χ3n) is 7.28. The van der Waals surface area contributed by atoms with Gasteiger partial charge in [0.05, 0.1) is 28.5 Å². The van der Waals surface area contributed by atoms with Gasteiger partial charge in [-0.25, -0.2) is 9.79 Å². The van der Waals surface area contributed by atoms with Crippen molar-refractivity contribution in [2.24, 2.45) is 4.99 Å². The summed E-state index contributed by atoms with van der Waals surface area (Å²) < 4.78 is 20.8. The Morgan fingerprint density at radius 1 is 1.07 bits per heavy atom. The van der Waals surface area contributed by atoms with Crippen LogP contribution in [0.15, 0.2) is 69.6 Å². The Hall–Kier alpha value is -4.37. The number of esters is 1. The monoisotopic (exact) mass is 555 g/mol. The average Bonchev–Trinajstić information content (AvgIpc) is 3.59. The van der Waals surface area contributed by atoms with Crippen molar-refractivity contribution < 1.29 is 19.0 Å². The zero-order valence-corrected chi connectivity index (χ0v) is 23.8. The molecule has 0 radical (unpaired) electrons. The second kappa shape index (κ2) is 9.98. The van der Waals surface area contributed by atoms with Crippen LogP contribution in [0.1, 0.15) is 48.0 Å². The van der Waals surface area contributed by atoms with Crippen LogP contribution in [0.3, 0.4) is 0 Å². The summed E-state index contributed by atoms with van der Waals surface area (Å²) in [5, 5.41) is 0. The van der Waals surface area contributed by atoms with Crippen molar-refractivity contribution in [2.75, 3.05) is 13.4 Å². The number of rotatable bonds is 5. The van der Waals surface area contributed by atoms with Gasteiger partial charge in [0.2, 0.25) is 6.79 Å². The van der Waals surface area contributed by atoms with Gasteiger partial charge in [0.1, 0.15) is 0 Å². The van der Waals surface area contributed by atoms with Crippen LogP contribution in [0, 0.1) is 20.8 Å². The van der Waals surface area contributed by atoms with Crippen LogP contribution in [0.5, 0.6) is 11.5 Å². The van der Waals surface area contributed by atoms with E-state index >= 15 is 0 Å². The van der Waals surface area contributed by atoms with Crippen molar-refractivity contribution >= 4 is 23.4 Å². The standard InChI is InChI=1S/C31H29N3O5S/c1-6-37-30(36)27-19(4)32-31-34(28(27)21-9-12-24-25(14-21)39-16-38-24)29(35)26(40-31)15-22-13-18(3)33(20(22)5)23-10-7-17(2)8-11-23/h7-15,28H,6,16H2,1-5H3/b26-15-/t28-/m0/s1. The van der Waals surface area contributed by atoms with Crippen molar-refractivity contribution in [2.45, 2.75) is 40.7 Å². The third kappa shape index (κ3) is 4.26. The molecule has 2 aliphatic rings. The van der Waals surface area contributed by atoms with Crippen LogP contribution in [-0.4, -0.2) is 28.5 Å². The molecule has 0 aliphatic carbocycles. The Labute approximate surface area is 235 Å². The summed E-state index contributed by atoms with van der Waals surface area (Å²) in [7, 11) is 0. The molecule has 2 aromatic heterocycles. The molecule has 0 unspecified atom stereocenters. The number of carbonyl (C=O) groups is 1. The maximum absolute atomic E-state index is 14.0. The van der Waals surface area contributed by atoms with Crippen LogP contribution in [0.2, 0.25) is 0 Å². The molecule has 4 heterocycles. The molecule has 0 spiro atoms. The van der Waals surface area contributed by atoms with Gasteiger partial charge < -0.3 is 18.8 Å². The molecule has 2 aliphatic heterocycles. The lowest BCUT2D eigenvalue weighted by atomic mass is 9.95. The van der Waals surface area contributed by atoms with E-state index in [1.165, 1.54) is 16.9 Å². The van der Waals surface area contributed by atoms with E-state index in [-0.39, 0.29) is 19.0 Å². The number of thiazole rings is 1. The molecule has 0 bridgehead atoms. The number of allylic oxidation sites excluding steroid dienone is 1. The molecule has 0 amide bonds. The number of hydrogen-bond donors (Lipinski definition) is 0. The van der Waals surface area contributed by atoms with E-state index in [2.05, 4.69) is 53.7 Å². The molecule has 0 fully saturated rings. The van der Waals surface area contributed by atoms with Crippen LogP contribution in [-0.2, 0) is 9.53 Å². The van der Waals surface area contributed by atoms with Gasteiger partial charge in [0.25, 0.3) is 5.56 Å². The highest BCUT2D eigenvalue weighted by Gasteiger charge is 2.34. The summed E-state index contributed by atoms with van der Waals surface area (Å²) >= 11 is 1.31. The minimum atomic E-state index is -0.716. The van der Waals surface area contributed by atoms with E-state index in [9.17, 15) is 9.59 Å². The maximum Gasteiger partial charge on any atom is 0.338 e. The molecular formula is C31H29N3O5S. The Morgan fingerprint density at radius 2 is 1.82 bits per heavy atom. The first kappa shape index (κ1) is 25.9. The highest BCUT2D eigenvalue weighted by molar-refractivity contribution is 7.07. The number of ether oxygens (including phenoxy) is 3. The van der Waals surface area contributed by atoms with Crippen LogP contribution < -0.4 is 24.4 Å². The van der Waals surface area contributed by atoms with Gasteiger partial charge in [-0.2, -0.15) is 0 Å². The molecule has 204 valence electrons. The first-order valence-corrected chi connectivity index (χ1v) is 13.9.